The predicted molar refractivity (Wildman–Crippen MR) is 94.8 cm³/mol. The average molecular weight is 332 g/mol. The molecule has 0 radical (unpaired) electrons. The topological polar surface area (TPSA) is 54.0 Å². The molecule has 138 valence electrons. The lowest BCUT2D eigenvalue weighted by atomic mass is 10.2. The van der Waals surface area contributed by atoms with Crippen LogP contribution >= 0.6 is 0 Å². The Morgan fingerprint density at radius 1 is 1.00 bits per heavy atom. The van der Waals surface area contributed by atoms with Crippen molar-refractivity contribution >= 4 is 5.91 Å². The van der Waals surface area contributed by atoms with Crippen molar-refractivity contribution in [3.8, 4) is 0 Å². The monoisotopic (exact) mass is 331 g/mol. The number of hydrogen-bond acceptors (Lipinski definition) is 5. The van der Waals surface area contributed by atoms with E-state index in [1.54, 1.807) is 0 Å². The first-order valence-electron chi connectivity index (χ1n) is 8.93. The smallest absolute Gasteiger partial charge is 0.222 e. The zero-order valence-corrected chi connectivity index (χ0v) is 15.8. The molecule has 0 aromatic carbocycles. The number of hydrogen-bond donors (Lipinski definition) is 1. The maximum atomic E-state index is 11.3. The molecule has 1 fully saturated rings. The summed E-state index contributed by atoms with van der Waals surface area (Å²) in [4.78, 5) is 16.1. The van der Waals surface area contributed by atoms with Crippen LogP contribution < -0.4 is 5.32 Å². The van der Waals surface area contributed by atoms with Crippen LogP contribution in [0.25, 0.3) is 0 Å². The lowest BCUT2D eigenvalue weighted by Crippen LogP contribution is -2.45. The van der Waals surface area contributed by atoms with Crippen LogP contribution in [0.15, 0.2) is 0 Å². The first kappa shape index (κ1) is 22.3. The van der Waals surface area contributed by atoms with E-state index in [-0.39, 0.29) is 11.8 Å². The molecule has 1 rings (SSSR count). The fourth-order valence-corrected chi connectivity index (χ4v) is 2.04. The van der Waals surface area contributed by atoms with E-state index in [1.165, 1.54) is 0 Å². The third-order valence-electron chi connectivity index (χ3n) is 3.59. The fourth-order valence-electron chi connectivity index (χ4n) is 2.04. The van der Waals surface area contributed by atoms with E-state index in [2.05, 4.69) is 22.2 Å². The number of piperazine rings is 1. The van der Waals surface area contributed by atoms with Crippen molar-refractivity contribution in [3.05, 3.63) is 0 Å². The summed E-state index contributed by atoms with van der Waals surface area (Å²) < 4.78 is 11.0. The molecule has 0 aliphatic carbocycles. The SMILES string of the molecule is CC.CC(C)C(=O)NCCOCCOCCN1CCN(C)CC1. The van der Waals surface area contributed by atoms with Gasteiger partial charge in [0.2, 0.25) is 5.91 Å². The van der Waals surface area contributed by atoms with Gasteiger partial charge in [-0.3, -0.25) is 9.69 Å². The van der Waals surface area contributed by atoms with Crippen LogP contribution in [0.1, 0.15) is 27.7 Å². The van der Waals surface area contributed by atoms with Crippen LogP contribution in [-0.2, 0) is 14.3 Å². The third-order valence-corrected chi connectivity index (χ3v) is 3.59. The van der Waals surface area contributed by atoms with Gasteiger partial charge in [-0.15, -0.1) is 0 Å². The molecular weight excluding hydrogens is 294 g/mol. The number of ether oxygens (including phenoxy) is 2. The van der Waals surface area contributed by atoms with Crippen molar-refractivity contribution in [1.29, 1.82) is 0 Å². The van der Waals surface area contributed by atoms with E-state index in [0.717, 1.165) is 39.3 Å². The number of likely N-dealkylation sites (N-methyl/N-ethyl adjacent to an activating group) is 1. The Kier molecular flexibility index (Phi) is 14.4. The maximum absolute atomic E-state index is 11.3. The molecule has 0 spiro atoms. The summed E-state index contributed by atoms with van der Waals surface area (Å²) in [5.74, 6) is 0.102. The lowest BCUT2D eigenvalue weighted by molar-refractivity contribution is -0.124. The molecule has 6 heteroatoms. The van der Waals surface area contributed by atoms with Gasteiger partial charge in [-0.1, -0.05) is 27.7 Å². The Labute approximate surface area is 142 Å². The largest absolute Gasteiger partial charge is 0.378 e. The summed E-state index contributed by atoms with van der Waals surface area (Å²) in [7, 11) is 2.16. The highest BCUT2D eigenvalue weighted by Gasteiger charge is 2.12. The zero-order chi connectivity index (χ0) is 17.5. The van der Waals surface area contributed by atoms with Crippen molar-refractivity contribution < 1.29 is 14.3 Å². The van der Waals surface area contributed by atoms with E-state index in [4.69, 9.17) is 9.47 Å². The molecule has 1 saturated heterocycles. The van der Waals surface area contributed by atoms with Gasteiger partial charge in [0.25, 0.3) is 0 Å². The van der Waals surface area contributed by atoms with E-state index >= 15 is 0 Å². The Bertz CT molecular complexity index is 280. The molecule has 6 nitrogen and oxygen atoms in total. The summed E-state index contributed by atoms with van der Waals surface area (Å²) in [5, 5.41) is 2.82. The van der Waals surface area contributed by atoms with Gasteiger partial charge in [0, 0.05) is 45.2 Å². The van der Waals surface area contributed by atoms with Gasteiger partial charge in [0.1, 0.15) is 0 Å². The second kappa shape index (κ2) is 14.9. The maximum Gasteiger partial charge on any atom is 0.222 e. The van der Waals surface area contributed by atoms with E-state index < -0.39 is 0 Å². The van der Waals surface area contributed by atoms with Crippen LogP contribution in [0, 0.1) is 5.92 Å². The quantitative estimate of drug-likeness (QED) is 0.607. The van der Waals surface area contributed by atoms with Crippen molar-refractivity contribution in [2.75, 3.05) is 72.7 Å². The Morgan fingerprint density at radius 3 is 2.13 bits per heavy atom. The Balaban J connectivity index is 0.00000232. The normalized spacial score (nSPS) is 16.1. The summed E-state index contributed by atoms with van der Waals surface area (Å²) in [6.07, 6.45) is 0. The fraction of sp³-hybridized carbons (Fsp3) is 0.941. The Morgan fingerprint density at radius 2 is 1.57 bits per heavy atom. The molecule has 0 saturated carbocycles. The molecular formula is C17H37N3O3. The average Bonchev–Trinajstić information content (AvgIpc) is 2.56. The molecule has 23 heavy (non-hydrogen) atoms. The van der Waals surface area contributed by atoms with Crippen LogP contribution in [0.4, 0.5) is 0 Å². The second-order valence-electron chi connectivity index (χ2n) is 5.82. The summed E-state index contributed by atoms with van der Waals surface area (Å²) in [6, 6.07) is 0. The zero-order valence-electron chi connectivity index (χ0n) is 15.8. The summed E-state index contributed by atoms with van der Waals surface area (Å²) >= 11 is 0. The van der Waals surface area contributed by atoms with Gasteiger partial charge >= 0.3 is 0 Å². The molecule has 1 N–H and O–H groups in total. The molecule has 1 aliphatic rings. The highest BCUT2D eigenvalue weighted by Crippen LogP contribution is 1.98. The summed E-state index contributed by atoms with van der Waals surface area (Å²) in [6.45, 7) is 16.4. The molecule has 1 aliphatic heterocycles. The minimum absolute atomic E-state index is 0.0305. The molecule has 0 aromatic heterocycles. The number of rotatable bonds is 10. The molecule has 0 aromatic rings. The number of nitrogens with one attached hydrogen (secondary N) is 1. The van der Waals surface area contributed by atoms with Crippen LogP contribution in [0.5, 0.6) is 0 Å². The molecule has 0 unspecified atom stereocenters. The van der Waals surface area contributed by atoms with Crippen LogP contribution in [0.2, 0.25) is 0 Å². The highest BCUT2D eigenvalue weighted by atomic mass is 16.5. The summed E-state index contributed by atoms with van der Waals surface area (Å²) in [5.41, 5.74) is 0. The van der Waals surface area contributed by atoms with Crippen LogP contribution in [-0.4, -0.2) is 88.5 Å². The first-order valence-corrected chi connectivity index (χ1v) is 8.93. The number of nitrogens with zero attached hydrogens (tertiary/aromatic N) is 2. The van der Waals surface area contributed by atoms with Crippen molar-refractivity contribution in [1.82, 2.24) is 15.1 Å². The number of carbonyl (C=O) groups excluding carboxylic acids is 1. The molecule has 1 amide bonds. The molecule has 1 heterocycles. The van der Waals surface area contributed by atoms with Gasteiger partial charge in [-0.2, -0.15) is 0 Å². The van der Waals surface area contributed by atoms with Crippen LogP contribution in [0.3, 0.4) is 0 Å². The standard InChI is InChI=1S/C15H31N3O3.C2H6/c1-14(2)15(19)16-4-10-20-12-13-21-11-9-18-7-5-17(3)6-8-18;1-2/h14H,4-13H2,1-3H3,(H,16,19);1-2H3. The predicted octanol–water partition coefficient (Wildman–Crippen LogP) is 1.07. The van der Waals surface area contributed by atoms with Gasteiger partial charge in [-0.25, -0.2) is 0 Å². The van der Waals surface area contributed by atoms with E-state index in [0.29, 0.717) is 26.4 Å². The van der Waals surface area contributed by atoms with E-state index in [9.17, 15) is 4.79 Å². The van der Waals surface area contributed by atoms with E-state index in [1.807, 2.05) is 27.7 Å². The number of amides is 1. The third kappa shape index (κ3) is 12.4. The Hall–Kier alpha value is -0.690. The van der Waals surface area contributed by atoms with Crippen molar-refractivity contribution in [2.45, 2.75) is 27.7 Å². The van der Waals surface area contributed by atoms with Gasteiger partial charge in [-0.05, 0) is 7.05 Å². The molecule has 0 bridgehead atoms. The lowest BCUT2D eigenvalue weighted by Gasteiger charge is -2.32. The first-order chi connectivity index (χ1) is 11.1. The second-order valence-corrected chi connectivity index (χ2v) is 5.82. The minimum Gasteiger partial charge on any atom is -0.378 e. The highest BCUT2D eigenvalue weighted by molar-refractivity contribution is 5.77. The number of carbonyl (C=O) groups is 1. The van der Waals surface area contributed by atoms with Gasteiger partial charge < -0.3 is 19.7 Å². The molecule has 0 atom stereocenters. The minimum atomic E-state index is 0.0305. The van der Waals surface area contributed by atoms with Crippen molar-refractivity contribution in [2.24, 2.45) is 5.92 Å². The van der Waals surface area contributed by atoms with Crippen molar-refractivity contribution in [3.63, 3.8) is 0 Å². The van der Waals surface area contributed by atoms with Gasteiger partial charge in [0.05, 0.1) is 26.4 Å². The van der Waals surface area contributed by atoms with Gasteiger partial charge in [0.15, 0.2) is 0 Å².